The third-order valence-corrected chi connectivity index (χ3v) is 6.00. The smallest absolute Gasteiger partial charge is 0.407 e. The van der Waals surface area contributed by atoms with Crippen LogP contribution in [0.1, 0.15) is 59.9 Å². The Kier molecular flexibility index (Phi) is 10.0. The van der Waals surface area contributed by atoms with E-state index < -0.39 is 35.5 Å². The lowest BCUT2D eigenvalue weighted by molar-refractivity contribution is -0.121. The highest BCUT2D eigenvalue weighted by Crippen LogP contribution is 2.31. The predicted molar refractivity (Wildman–Crippen MR) is 153 cm³/mol. The molecule has 218 valence electrons. The Bertz CT molecular complexity index is 1190. The monoisotopic (exact) mass is 556 g/mol. The summed E-state index contributed by atoms with van der Waals surface area (Å²) >= 11 is 0. The van der Waals surface area contributed by atoms with Gasteiger partial charge in [0.2, 0.25) is 5.91 Å². The van der Waals surface area contributed by atoms with Gasteiger partial charge in [-0.05, 0) is 89.3 Å². The number of amides is 3. The minimum Gasteiger partial charge on any atom is -0.444 e. The normalized spacial score (nSPS) is 15.3. The maximum Gasteiger partial charge on any atom is 0.407 e. The predicted octanol–water partition coefficient (Wildman–Crippen LogP) is 5.14. The van der Waals surface area contributed by atoms with E-state index in [2.05, 4.69) is 21.3 Å². The summed E-state index contributed by atoms with van der Waals surface area (Å²) in [6.07, 6.45) is 0.483. The molecule has 40 heavy (non-hydrogen) atoms. The molecule has 4 N–H and O–H groups in total. The Morgan fingerprint density at radius 2 is 1.55 bits per heavy atom. The van der Waals surface area contributed by atoms with Gasteiger partial charge >= 0.3 is 12.2 Å². The second-order valence-corrected chi connectivity index (χ2v) is 11.9. The summed E-state index contributed by atoms with van der Waals surface area (Å²) in [4.78, 5) is 37.4. The van der Waals surface area contributed by atoms with E-state index in [-0.39, 0.29) is 18.3 Å². The van der Waals surface area contributed by atoms with Crippen LogP contribution in [0.25, 0.3) is 11.1 Å². The number of fused-ring (bicyclic) bond motifs is 1. The van der Waals surface area contributed by atoms with Gasteiger partial charge in [0.15, 0.2) is 0 Å². The average Bonchev–Trinajstić information content (AvgIpc) is 3.26. The summed E-state index contributed by atoms with van der Waals surface area (Å²) in [5, 5.41) is 11.7. The van der Waals surface area contributed by atoms with Gasteiger partial charge in [0.1, 0.15) is 23.1 Å². The Hall–Kier alpha value is -3.82. The quantitative estimate of drug-likeness (QED) is 0.318. The number of carbonyl (C=O) groups is 3. The highest BCUT2D eigenvalue weighted by Gasteiger charge is 2.28. The van der Waals surface area contributed by atoms with Crippen LogP contribution in [0.15, 0.2) is 42.5 Å². The molecule has 10 heteroatoms. The van der Waals surface area contributed by atoms with Crippen LogP contribution in [0.3, 0.4) is 0 Å². The first-order valence-corrected chi connectivity index (χ1v) is 13.6. The number of benzene rings is 2. The molecule has 0 radical (unpaired) electrons. The number of nitrogens with one attached hydrogen (secondary N) is 4. The fourth-order valence-corrected chi connectivity index (χ4v) is 4.23. The third-order valence-electron chi connectivity index (χ3n) is 6.00. The van der Waals surface area contributed by atoms with Crippen LogP contribution in [0, 0.1) is 5.82 Å². The summed E-state index contributed by atoms with van der Waals surface area (Å²) < 4.78 is 23.9. The first kappa shape index (κ1) is 30.7. The standard InChI is InChI=1S/C30H41FN4O5/c1-29(2,3)39-27(37)32-15-7-8-23(34-28(38)40-30(4,5)6)18-33-26(36)25-17-21-10-9-20(16-24(21)35-25)19-11-13-22(31)14-12-19/h9-14,16,23,25,35H,7-8,15,17-18H2,1-6H3,(H,32,37)(H,33,36)(H,34,38)/t23-,25?/m1/s1. The molecule has 0 bridgehead atoms. The van der Waals surface area contributed by atoms with E-state index in [0.717, 1.165) is 22.4 Å². The van der Waals surface area contributed by atoms with E-state index in [1.54, 1.807) is 53.7 Å². The zero-order valence-electron chi connectivity index (χ0n) is 24.2. The molecule has 0 aliphatic carbocycles. The Morgan fingerprint density at radius 1 is 0.925 bits per heavy atom. The largest absolute Gasteiger partial charge is 0.444 e. The zero-order valence-corrected chi connectivity index (χ0v) is 24.2. The molecule has 1 aliphatic rings. The molecule has 0 saturated carbocycles. The molecule has 0 spiro atoms. The van der Waals surface area contributed by atoms with E-state index in [4.69, 9.17) is 9.47 Å². The van der Waals surface area contributed by atoms with Crippen molar-refractivity contribution in [1.29, 1.82) is 0 Å². The van der Waals surface area contributed by atoms with Gasteiger partial charge in [0.05, 0.1) is 0 Å². The molecule has 1 aliphatic heterocycles. The van der Waals surface area contributed by atoms with Gasteiger partial charge in [0, 0.05) is 31.2 Å². The van der Waals surface area contributed by atoms with Gasteiger partial charge in [-0.15, -0.1) is 0 Å². The molecule has 0 aromatic heterocycles. The van der Waals surface area contributed by atoms with Gasteiger partial charge in [-0.1, -0.05) is 24.3 Å². The lowest BCUT2D eigenvalue weighted by Gasteiger charge is -2.24. The number of ether oxygens (including phenoxy) is 2. The number of carbonyl (C=O) groups excluding carboxylic acids is 3. The van der Waals surface area contributed by atoms with Gasteiger partial charge in [-0.25, -0.2) is 14.0 Å². The van der Waals surface area contributed by atoms with Crippen molar-refractivity contribution in [3.05, 3.63) is 53.8 Å². The Balaban J connectivity index is 1.54. The van der Waals surface area contributed by atoms with Crippen LogP contribution in [-0.2, 0) is 20.7 Å². The molecule has 3 rings (SSSR count). The number of rotatable bonds is 9. The van der Waals surface area contributed by atoms with Crippen molar-refractivity contribution in [1.82, 2.24) is 16.0 Å². The van der Waals surface area contributed by atoms with E-state index >= 15 is 0 Å². The second kappa shape index (κ2) is 13.0. The molecule has 2 aromatic rings. The number of halogens is 1. The van der Waals surface area contributed by atoms with E-state index in [1.165, 1.54) is 12.1 Å². The van der Waals surface area contributed by atoms with Gasteiger partial charge in [-0.2, -0.15) is 0 Å². The van der Waals surface area contributed by atoms with E-state index in [0.29, 0.717) is 25.8 Å². The lowest BCUT2D eigenvalue weighted by Crippen LogP contribution is -2.48. The fourth-order valence-electron chi connectivity index (χ4n) is 4.23. The molecule has 2 atom stereocenters. The maximum absolute atomic E-state index is 13.3. The van der Waals surface area contributed by atoms with Crippen molar-refractivity contribution >= 4 is 23.8 Å². The van der Waals surface area contributed by atoms with Gasteiger partial charge in [-0.3, -0.25) is 4.79 Å². The second-order valence-electron chi connectivity index (χ2n) is 11.9. The highest BCUT2D eigenvalue weighted by atomic mass is 19.1. The third kappa shape index (κ3) is 10.1. The molecule has 0 fully saturated rings. The molecule has 9 nitrogen and oxygen atoms in total. The molecule has 3 amide bonds. The number of hydrogen-bond acceptors (Lipinski definition) is 6. The van der Waals surface area contributed by atoms with Crippen LogP contribution in [0.2, 0.25) is 0 Å². The minimum atomic E-state index is -0.664. The molecule has 0 saturated heterocycles. The highest BCUT2D eigenvalue weighted by molar-refractivity contribution is 5.88. The zero-order chi connectivity index (χ0) is 29.5. The lowest BCUT2D eigenvalue weighted by atomic mass is 10.0. The van der Waals surface area contributed by atoms with Crippen molar-refractivity contribution < 1.29 is 28.2 Å². The minimum absolute atomic E-state index is 0.192. The van der Waals surface area contributed by atoms with Gasteiger partial charge in [0.25, 0.3) is 0 Å². The van der Waals surface area contributed by atoms with Crippen molar-refractivity contribution in [3.8, 4) is 11.1 Å². The number of anilines is 1. The first-order chi connectivity index (χ1) is 18.7. The molecular weight excluding hydrogens is 515 g/mol. The van der Waals surface area contributed by atoms with E-state index in [1.807, 2.05) is 18.2 Å². The van der Waals surface area contributed by atoms with Crippen LogP contribution in [0.5, 0.6) is 0 Å². The summed E-state index contributed by atoms with van der Waals surface area (Å²) in [6.45, 7) is 11.2. The number of hydrogen-bond donors (Lipinski definition) is 4. The van der Waals surface area contributed by atoms with E-state index in [9.17, 15) is 18.8 Å². The Labute approximate surface area is 235 Å². The molecule has 1 unspecified atom stereocenters. The number of alkyl carbamates (subject to hydrolysis) is 2. The van der Waals surface area contributed by atoms with Crippen LogP contribution < -0.4 is 21.3 Å². The molecule has 2 aromatic carbocycles. The van der Waals surface area contributed by atoms with Crippen LogP contribution in [-0.4, -0.2) is 54.5 Å². The SMILES string of the molecule is CC(C)(C)OC(=O)NCCC[C@H](CNC(=O)C1Cc2ccc(-c3ccc(F)cc3)cc2N1)NC(=O)OC(C)(C)C. The first-order valence-electron chi connectivity index (χ1n) is 13.6. The Morgan fingerprint density at radius 3 is 2.20 bits per heavy atom. The summed E-state index contributed by atoms with van der Waals surface area (Å²) in [6, 6.07) is 11.3. The fraction of sp³-hybridized carbons (Fsp3) is 0.500. The van der Waals surface area contributed by atoms with Gasteiger partial charge < -0.3 is 30.7 Å². The van der Waals surface area contributed by atoms with Crippen molar-refractivity contribution in [2.24, 2.45) is 0 Å². The summed E-state index contributed by atoms with van der Waals surface area (Å²) in [7, 11) is 0. The van der Waals surface area contributed by atoms with Crippen molar-refractivity contribution in [2.45, 2.75) is 84.1 Å². The average molecular weight is 557 g/mol. The van der Waals surface area contributed by atoms with Crippen LogP contribution in [0.4, 0.5) is 19.7 Å². The topological polar surface area (TPSA) is 118 Å². The molecule has 1 heterocycles. The summed E-state index contributed by atoms with van der Waals surface area (Å²) in [5.74, 6) is -0.485. The maximum atomic E-state index is 13.3. The summed E-state index contributed by atoms with van der Waals surface area (Å²) in [5.41, 5.74) is 2.43. The van der Waals surface area contributed by atoms with Crippen LogP contribution >= 0.6 is 0 Å². The molecular formula is C30H41FN4O5. The van der Waals surface area contributed by atoms with Crippen molar-refractivity contribution in [3.63, 3.8) is 0 Å². The van der Waals surface area contributed by atoms with Crippen molar-refractivity contribution in [2.75, 3.05) is 18.4 Å².